The monoisotopic (exact) mass is 192 g/mol. The summed E-state index contributed by atoms with van der Waals surface area (Å²) < 4.78 is 22.3. The fourth-order valence-electron chi connectivity index (χ4n) is 0.539. The predicted octanol–water partition coefficient (Wildman–Crippen LogP) is -2.16. The van der Waals surface area contributed by atoms with Crippen molar-refractivity contribution in [3.05, 3.63) is 5.82 Å². The van der Waals surface area contributed by atoms with Gasteiger partial charge >= 0.3 is 0 Å². The van der Waals surface area contributed by atoms with Gasteiger partial charge in [-0.25, -0.2) is 5.14 Å². The van der Waals surface area contributed by atoms with Crippen LogP contribution in [0.15, 0.2) is 0 Å². The Morgan fingerprint density at radius 1 is 1.67 bits per heavy atom. The lowest BCUT2D eigenvalue weighted by Crippen LogP contribution is -2.33. The topological polar surface area (TPSA) is 118 Å². The Morgan fingerprint density at radius 3 is 2.75 bits per heavy atom. The minimum Gasteiger partial charge on any atom is -0.216 e. The van der Waals surface area contributed by atoms with Gasteiger partial charge in [0.2, 0.25) is 0 Å². The molecule has 0 aromatic carbocycles. The van der Waals surface area contributed by atoms with Crippen LogP contribution in [0.25, 0.3) is 0 Å². The van der Waals surface area contributed by atoms with E-state index in [9.17, 15) is 8.42 Å². The molecule has 68 valence electrons. The van der Waals surface area contributed by atoms with Gasteiger partial charge in [-0.05, 0) is 0 Å². The molecule has 12 heavy (non-hydrogen) atoms. The first-order valence-corrected chi connectivity index (χ1v) is 4.47. The summed E-state index contributed by atoms with van der Waals surface area (Å²) in [5.74, 6) is 0.270. The standard InChI is InChI=1S/C3H8N6O2S/c1-9(12(4,10)11)2-3-5-7-8-6-3/h2H2,1H3,(H2,4,10,11)(H,5,6,7,8). The SMILES string of the molecule is CN(Cc1nn[nH]n1)S(N)(=O)=O. The van der Waals surface area contributed by atoms with Crippen molar-refractivity contribution in [3.63, 3.8) is 0 Å². The molecule has 1 aromatic heterocycles. The smallest absolute Gasteiger partial charge is 0.216 e. The number of aromatic nitrogens is 4. The summed E-state index contributed by atoms with van der Waals surface area (Å²) in [6, 6.07) is 0. The molecular weight excluding hydrogens is 184 g/mol. The Labute approximate surface area is 68.9 Å². The third-order valence-corrected chi connectivity index (χ3v) is 2.19. The molecule has 3 N–H and O–H groups in total. The Morgan fingerprint density at radius 2 is 2.33 bits per heavy atom. The number of rotatable bonds is 3. The molecule has 1 rings (SSSR count). The van der Waals surface area contributed by atoms with Gasteiger partial charge in [-0.3, -0.25) is 0 Å². The summed E-state index contributed by atoms with van der Waals surface area (Å²) in [5.41, 5.74) is 0. The number of H-pyrrole nitrogens is 1. The van der Waals surface area contributed by atoms with E-state index in [0.29, 0.717) is 0 Å². The Balaban J connectivity index is 2.66. The summed E-state index contributed by atoms with van der Waals surface area (Å²) >= 11 is 0. The number of hydrogen-bond acceptors (Lipinski definition) is 5. The second-order valence-electron chi connectivity index (χ2n) is 2.13. The maximum Gasteiger partial charge on any atom is 0.277 e. The number of hydrogen-bond donors (Lipinski definition) is 2. The first-order valence-electron chi connectivity index (χ1n) is 2.96. The lowest BCUT2D eigenvalue weighted by atomic mass is 10.6. The van der Waals surface area contributed by atoms with Crippen molar-refractivity contribution in [2.24, 2.45) is 5.14 Å². The van der Waals surface area contributed by atoms with Crippen LogP contribution in [0, 0.1) is 0 Å². The van der Waals surface area contributed by atoms with Crippen molar-refractivity contribution < 1.29 is 8.42 Å². The molecule has 0 atom stereocenters. The molecule has 9 heteroatoms. The summed E-state index contributed by atoms with van der Waals surface area (Å²) in [6.45, 7) is 0.00926. The predicted molar refractivity (Wildman–Crippen MR) is 38.8 cm³/mol. The molecule has 0 aliphatic rings. The summed E-state index contributed by atoms with van der Waals surface area (Å²) in [4.78, 5) is 0. The van der Waals surface area contributed by atoms with Gasteiger partial charge in [0, 0.05) is 7.05 Å². The number of aromatic amines is 1. The minimum atomic E-state index is -3.67. The number of nitrogens with zero attached hydrogens (tertiary/aromatic N) is 4. The Bertz CT molecular complexity index is 330. The second-order valence-corrected chi connectivity index (χ2v) is 3.78. The minimum absolute atomic E-state index is 0.00926. The van der Waals surface area contributed by atoms with Crippen LogP contribution in [-0.4, -0.2) is 40.4 Å². The molecule has 1 heterocycles. The molecule has 0 aliphatic heterocycles. The quantitative estimate of drug-likeness (QED) is 0.565. The summed E-state index contributed by atoms with van der Waals surface area (Å²) in [7, 11) is -2.34. The average Bonchev–Trinajstić information content (AvgIpc) is 2.37. The van der Waals surface area contributed by atoms with Crippen LogP contribution in [0.2, 0.25) is 0 Å². The second kappa shape index (κ2) is 3.13. The largest absolute Gasteiger partial charge is 0.277 e. The van der Waals surface area contributed by atoms with Crippen LogP contribution in [0.4, 0.5) is 0 Å². The highest BCUT2D eigenvalue weighted by Crippen LogP contribution is 1.95. The highest BCUT2D eigenvalue weighted by molar-refractivity contribution is 7.86. The molecule has 0 saturated carbocycles. The molecule has 0 unspecified atom stereocenters. The summed E-state index contributed by atoms with van der Waals surface area (Å²) in [6.07, 6.45) is 0. The molecule has 1 aromatic rings. The first kappa shape index (κ1) is 9.03. The number of nitrogens with two attached hydrogens (primary N) is 1. The van der Waals surface area contributed by atoms with Crippen LogP contribution in [0.5, 0.6) is 0 Å². The fourth-order valence-corrected chi connectivity index (χ4v) is 0.834. The van der Waals surface area contributed by atoms with E-state index >= 15 is 0 Å². The van der Waals surface area contributed by atoms with Crippen LogP contribution >= 0.6 is 0 Å². The van der Waals surface area contributed by atoms with Crippen molar-refractivity contribution in [1.82, 2.24) is 24.9 Å². The molecular formula is C3H8N6O2S. The van der Waals surface area contributed by atoms with Crippen molar-refractivity contribution in [3.8, 4) is 0 Å². The zero-order valence-electron chi connectivity index (χ0n) is 6.30. The van der Waals surface area contributed by atoms with Crippen molar-refractivity contribution in [2.45, 2.75) is 6.54 Å². The van der Waals surface area contributed by atoms with Gasteiger partial charge in [-0.1, -0.05) is 5.21 Å². The highest BCUT2D eigenvalue weighted by atomic mass is 32.2. The lowest BCUT2D eigenvalue weighted by Gasteiger charge is -2.09. The van der Waals surface area contributed by atoms with Gasteiger partial charge in [0.15, 0.2) is 5.82 Å². The van der Waals surface area contributed by atoms with Gasteiger partial charge < -0.3 is 0 Å². The van der Waals surface area contributed by atoms with Gasteiger partial charge in [0.1, 0.15) is 0 Å². The maximum atomic E-state index is 10.7. The van der Waals surface area contributed by atoms with E-state index in [0.717, 1.165) is 4.31 Å². The first-order chi connectivity index (χ1) is 5.50. The normalized spacial score (nSPS) is 12.2. The molecule has 0 bridgehead atoms. The zero-order valence-corrected chi connectivity index (χ0v) is 7.11. The van der Waals surface area contributed by atoms with Crippen LogP contribution < -0.4 is 5.14 Å². The number of tetrazole rings is 1. The fraction of sp³-hybridized carbons (Fsp3) is 0.667. The molecule has 0 radical (unpaired) electrons. The Hall–Kier alpha value is -1.06. The van der Waals surface area contributed by atoms with Gasteiger partial charge in [0.05, 0.1) is 6.54 Å². The van der Waals surface area contributed by atoms with Crippen LogP contribution in [0.3, 0.4) is 0 Å². The third-order valence-electron chi connectivity index (χ3n) is 1.19. The number of nitrogens with one attached hydrogen (secondary N) is 1. The lowest BCUT2D eigenvalue weighted by molar-refractivity contribution is 0.458. The highest BCUT2D eigenvalue weighted by Gasteiger charge is 2.13. The third kappa shape index (κ3) is 2.22. The molecule has 0 spiro atoms. The zero-order chi connectivity index (χ0) is 9.19. The van der Waals surface area contributed by atoms with E-state index in [1.807, 2.05) is 0 Å². The van der Waals surface area contributed by atoms with E-state index in [-0.39, 0.29) is 12.4 Å². The Kier molecular flexibility index (Phi) is 2.35. The van der Waals surface area contributed by atoms with Crippen molar-refractivity contribution in [2.75, 3.05) is 7.05 Å². The maximum absolute atomic E-state index is 10.7. The molecule has 0 amide bonds. The molecule has 0 fully saturated rings. The van der Waals surface area contributed by atoms with E-state index in [4.69, 9.17) is 5.14 Å². The van der Waals surface area contributed by atoms with Crippen LogP contribution in [0.1, 0.15) is 5.82 Å². The summed E-state index contributed by atoms with van der Waals surface area (Å²) in [5, 5.41) is 17.4. The van der Waals surface area contributed by atoms with E-state index in [2.05, 4.69) is 20.6 Å². The van der Waals surface area contributed by atoms with Gasteiger partial charge in [0.25, 0.3) is 10.2 Å². The van der Waals surface area contributed by atoms with Gasteiger partial charge in [-0.2, -0.15) is 17.9 Å². The van der Waals surface area contributed by atoms with Crippen molar-refractivity contribution in [1.29, 1.82) is 0 Å². The van der Waals surface area contributed by atoms with E-state index in [1.54, 1.807) is 0 Å². The molecule has 0 aliphatic carbocycles. The van der Waals surface area contributed by atoms with E-state index < -0.39 is 10.2 Å². The van der Waals surface area contributed by atoms with Crippen molar-refractivity contribution >= 4 is 10.2 Å². The van der Waals surface area contributed by atoms with E-state index in [1.165, 1.54) is 7.05 Å². The average molecular weight is 192 g/mol. The van der Waals surface area contributed by atoms with Gasteiger partial charge in [-0.15, -0.1) is 10.2 Å². The van der Waals surface area contributed by atoms with Crippen LogP contribution in [-0.2, 0) is 16.8 Å². The molecule has 8 nitrogen and oxygen atoms in total. The molecule has 0 saturated heterocycles.